The van der Waals surface area contributed by atoms with Crippen molar-refractivity contribution < 1.29 is 4.74 Å². The topological polar surface area (TPSA) is 37.4 Å². The van der Waals surface area contributed by atoms with Crippen molar-refractivity contribution >= 4 is 5.69 Å². The Kier molecular flexibility index (Phi) is 3.76. The van der Waals surface area contributed by atoms with Gasteiger partial charge in [-0.05, 0) is 41.7 Å². The molecule has 0 atom stereocenters. The van der Waals surface area contributed by atoms with Crippen LogP contribution in [0.15, 0.2) is 42.5 Å². The van der Waals surface area contributed by atoms with Gasteiger partial charge in [0.05, 0.1) is 0 Å². The summed E-state index contributed by atoms with van der Waals surface area (Å²) in [5, 5.41) is 9.02. The Balaban J connectivity index is 2.25. The lowest BCUT2D eigenvalue weighted by Gasteiger charge is -2.19. The molecule has 0 saturated heterocycles. The molecule has 2 aromatic rings. The van der Waals surface area contributed by atoms with E-state index < -0.39 is 0 Å². The first-order valence-electron chi connectivity index (χ1n) is 6.64. The van der Waals surface area contributed by atoms with Gasteiger partial charge in [0.2, 0.25) is 11.1 Å². The van der Waals surface area contributed by atoms with E-state index in [0.29, 0.717) is 11.4 Å². The number of ether oxygens (including phenoxy) is 1. The zero-order valence-corrected chi connectivity index (χ0v) is 12.3. The normalized spacial score (nSPS) is 10.9. The largest absolute Gasteiger partial charge is 0.449 e. The molecule has 0 heterocycles. The highest BCUT2D eigenvalue weighted by Gasteiger charge is 2.17. The average Bonchev–Trinajstić information content (AvgIpc) is 2.40. The van der Waals surface area contributed by atoms with Crippen LogP contribution in [-0.2, 0) is 5.41 Å². The van der Waals surface area contributed by atoms with Crippen molar-refractivity contribution in [1.82, 2.24) is 0 Å². The summed E-state index contributed by atoms with van der Waals surface area (Å²) in [5.74, 6) is 1.27. The molecule has 0 spiro atoms. The molecule has 2 rings (SSSR count). The standard InChI is InChI=1S/C17H19N2O/c1-12-5-10-16(15(11-12)19-18)20-14-8-6-13(7-9-14)17(2,3)4/h5-11H,1-4H3/q+1. The van der Waals surface area contributed by atoms with Crippen molar-refractivity contribution in [1.29, 1.82) is 5.39 Å². The molecule has 3 nitrogen and oxygen atoms in total. The number of benzene rings is 2. The number of nitrogens with zero attached hydrogens (tertiary/aromatic N) is 2. The molecule has 0 bridgehead atoms. The second-order valence-electron chi connectivity index (χ2n) is 5.95. The van der Waals surface area contributed by atoms with Crippen LogP contribution in [0.3, 0.4) is 0 Å². The van der Waals surface area contributed by atoms with Crippen LogP contribution in [0.1, 0.15) is 31.9 Å². The smallest absolute Gasteiger partial charge is 0.427 e. The summed E-state index contributed by atoms with van der Waals surface area (Å²) in [5.41, 5.74) is 2.83. The first-order chi connectivity index (χ1) is 9.40. The molecule has 0 unspecified atom stereocenters. The first-order valence-corrected chi connectivity index (χ1v) is 6.64. The van der Waals surface area contributed by atoms with Crippen LogP contribution in [0.2, 0.25) is 0 Å². The highest BCUT2D eigenvalue weighted by Crippen LogP contribution is 2.33. The van der Waals surface area contributed by atoms with Gasteiger partial charge in [0.15, 0.2) is 4.98 Å². The number of hydrogen-bond donors (Lipinski definition) is 0. The maximum absolute atomic E-state index is 9.02. The maximum atomic E-state index is 9.02. The van der Waals surface area contributed by atoms with Crippen LogP contribution in [0.4, 0.5) is 5.69 Å². The molecule has 102 valence electrons. The van der Waals surface area contributed by atoms with Gasteiger partial charge in [0, 0.05) is 6.07 Å². The minimum Gasteiger partial charge on any atom is -0.449 e. The predicted molar refractivity (Wildman–Crippen MR) is 81.1 cm³/mol. The summed E-state index contributed by atoms with van der Waals surface area (Å²) in [6.07, 6.45) is 0. The van der Waals surface area contributed by atoms with Gasteiger partial charge in [-0.25, -0.2) is 0 Å². The van der Waals surface area contributed by atoms with E-state index >= 15 is 0 Å². The summed E-state index contributed by atoms with van der Waals surface area (Å²) in [7, 11) is 0. The van der Waals surface area contributed by atoms with E-state index in [-0.39, 0.29) is 5.41 Å². The zero-order chi connectivity index (χ0) is 14.8. The van der Waals surface area contributed by atoms with E-state index in [2.05, 4.69) is 37.9 Å². The fraction of sp³-hybridized carbons (Fsp3) is 0.294. The van der Waals surface area contributed by atoms with Gasteiger partial charge in [-0.15, -0.1) is 0 Å². The highest BCUT2D eigenvalue weighted by molar-refractivity contribution is 5.59. The SMILES string of the molecule is Cc1ccc(Oc2ccc(C(C)(C)C)cc2)c([N+]#N)c1. The van der Waals surface area contributed by atoms with E-state index in [0.717, 1.165) is 11.3 Å². The molecule has 20 heavy (non-hydrogen) atoms. The molecule has 0 fully saturated rings. The molecular formula is C17H19N2O+. The van der Waals surface area contributed by atoms with Crippen molar-refractivity contribution in [3.05, 3.63) is 58.6 Å². The molecule has 0 saturated carbocycles. The number of diazo groups is 1. The van der Waals surface area contributed by atoms with Gasteiger partial charge in [0.25, 0.3) is 0 Å². The number of rotatable bonds is 2. The van der Waals surface area contributed by atoms with Crippen molar-refractivity contribution in [2.45, 2.75) is 33.1 Å². The fourth-order valence-electron chi connectivity index (χ4n) is 1.94. The lowest BCUT2D eigenvalue weighted by molar-refractivity contribution is 0.484. The van der Waals surface area contributed by atoms with Crippen molar-refractivity contribution in [3.8, 4) is 11.5 Å². The molecule has 0 aromatic heterocycles. The molecule has 0 aliphatic heterocycles. The third-order valence-electron chi connectivity index (χ3n) is 3.17. The summed E-state index contributed by atoms with van der Waals surface area (Å²) < 4.78 is 5.77. The van der Waals surface area contributed by atoms with Crippen molar-refractivity contribution in [2.24, 2.45) is 0 Å². The Morgan fingerprint density at radius 1 is 1.00 bits per heavy atom. The Morgan fingerprint density at radius 3 is 2.20 bits per heavy atom. The third-order valence-corrected chi connectivity index (χ3v) is 3.17. The summed E-state index contributed by atoms with van der Waals surface area (Å²) in [6, 6.07) is 13.5. The number of aryl methyl sites for hydroxylation is 1. The molecule has 3 heteroatoms. The average molecular weight is 267 g/mol. The van der Waals surface area contributed by atoms with Gasteiger partial charge in [-0.3, -0.25) is 0 Å². The molecule has 0 N–H and O–H groups in total. The molecule has 0 amide bonds. The summed E-state index contributed by atoms with van der Waals surface area (Å²) >= 11 is 0. The monoisotopic (exact) mass is 267 g/mol. The summed E-state index contributed by atoms with van der Waals surface area (Å²) in [4.78, 5) is 3.26. The predicted octanol–water partition coefficient (Wildman–Crippen LogP) is 5.57. The minimum absolute atomic E-state index is 0.119. The Bertz CT molecular complexity index is 646. The van der Waals surface area contributed by atoms with Crippen LogP contribution in [-0.4, -0.2) is 0 Å². The van der Waals surface area contributed by atoms with Gasteiger partial charge in [-0.2, -0.15) is 0 Å². The quantitative estimate of drug-likeness (QED) is 0.667. The Labute approximate surface area is 119 Å². The second-order valence-corrected chi connectivity index (χ2v) is 5.95. The van der Waals surface area contributed by atoms with Crippen LogP contribution < -0.4 is 4.74 Å². The van der Waals surface area contributed by atoms with E-state index in [1.165, 1.54) is 5.56 Å². The Hall–Kier alpha value is -2.34. The van der Waals surface area contributed by atoms with Crippen molar-refractivity contribution in [3.63, 3.8) is 0 Å². The first kappa shape index (κ1) is 14.1. The van der Waals surface area contributed by atoms with E-state index in [1.54, 1.807) is 6.07 Å². The molecule has 0 aliphatic carbocycles. The molecule has 0 aliphatic rings. The second kappa shape index (κ2) is 5.34. The van der Waals surface area contributed by atoms with Crippen molar-refractivity contribution in [2.75, 3.05) is 0 Å². The number of hydrogen-bond acceptors (Lipinski definition) is 2. The third kappa shape index (κ3) is 3.16. The fourth-order valence-corrected chi connectivity index (χ4v) is 1.94. The van der Waals surface area contributed by atoms with E-state index in [4.69, 9.17) is 10.1 Å². The molecule has 2 aromatic carbocycles. The lowest BCUT2D eigenvalue weighted by atomic mass is 9.87. The highest BCUT2D eigenvalue weighted by atomic mass is 16.5. The summed E-state index contributed by atoms with van der Waals surface area (Å²) in [6.45, 7) is 8.46. The molecule has 0 radical (unpaired) electrons. The lowest BCUT2D eigenvalue weighted by Crippen LogP contribution is -2.10. The van der Waals surface area contributed by atoms with E-state index in [9.17, 15) is 0 Å². The minimum atomic E-state index is 0.119. The van der Waals surface area contributed by atoms with Gasteiger partial charge < -0.3 is 4.74 Å². The zero-order valence-electron chi connectivity index (χ0n) is 12.3. The van der Waals surface area contributed by atoms with Crippen LogP contribution >= 0.6 is 0 Å². The van der Waals surface area contributed by atoms with Gasteiger partial charge in [-0.1, -0.05) is 39.0 Å². The molecular weight excluding hydrogens is 248 g/mol. The Morgan fingerprint density at radius 2 is 1.65 bits per heavy atom. The van der Waals surface area contributed by atoms with Crippen LogP contribution in [0.5, 0.6) is 11.5 Å². The van der Waals surface area contributed by atoms with E-state index in [1.807, 2.05) is 31.2 Å². The van der Waals surface area contributed by atoms with Crippen LogP contribution in [0, 0.1) is 12.3 Å². The van der Waals surface area contributed by atoms with Crippen LogP contribution in [0.25, 0.3) is 4.98 Å². The van der Waals surface area contributed by atoms with Gasteiger partial charge >= 0.3 is 5.69 Å². The maximum Gasteiger partial charge on any atom is 0.427 e. The van der Waals surface area contributed by atoms with Gasteiger partial charge in [0.1, 0.15) is 5.75 Å².